The van der Waals surface area contributed by atoms with Gasteiger partial charge in [0, 0.05) is 18.1 Å². The minimum Gasteiger partial charge on any atom is -0.495 e. The fourth-order valence-corrected chi connectivity index (χ4v) is 4.07. The smallest absolute Gasteiger partial charge is 0.151 e. The Morgan fingerprint density at radius 1 is 0.939 bits per heavy atom. The molecule has 5 heteroatoms. The fourth-order valence-electron chi connectivity index (χ4n) is 4.07. The molecule has 3 aromatic rings. The maximum Gasteiger partial charge on any atom is 0.151 e. The van der Waals surface area contributed by atoms with E-state index < -0.39 is 0 Å². The normalized spacial score (nSPS) is 15.3. The van der Waals surface area contributed by atoms with Crippen LogP contribution in [0.1, 0.15) is 28.7 Å². The molecule has 0 bridgehead atoms. The van der Waals surface area contributed by atoms with E-state index >= 15 is 0 Å². The zero-order chi connectivity index (χ0) is 23.0. The Kier molecular flexibility index (Phi) is 7.30. The molecule has 0 spiro atoms. The number of ether oxygens (including phenoxy) is 3. The van der Waals surface area contributed by atoms with Crippen LogP contribution in [-0.2, 0) is 29.0 Å². The van der Waals surface area contributed by atoms with Crippen LogP contribution in [-0.4, -0.2) is 26.0 Å². The molecular weight excluding hydrogens is 414 g/mol. The summed E-state index contributed by atoms with van der Waals surface area (Å²) in [6, 6.07) is 24.3. The molecule has 1 atom stereocenters. The molecule has 1 unspecified atom stereocenters. The molecular formula is C28H29NO4. The fraction of sp³-hybridized carbons (Fsp3) is 0.250. The maximum atomic E-state index is 6.30. The molecule has 0 aliphatic heterocycles. The lowest BCUT2D eigenvalue weighted by Gasteiger charge is -2.25. The number of nitrogens with zero attached hydrogens (tertiary/aromatic N) is 1. The summed E-state index contributed by atoms with van der Waals surface area (Å²) in [5.74, 6) is 1.99. The van der Waals surface area contributed by atoms with Crippen molar-refractivity contribution in [1.29, 1.82) is 0 Å². The first-order valence-electron chi connectivity index (χ1n) is 11.1. The molecule has 0 N–H and O–H groups in total. The van der Waals surface area contributed by atoms with Gasteiger partial charge in [0.25, 0.3) is 0 Å². The summed E-state index contributed by atoms with van der Waals surface area (Å²) in [6.07, 6.45) is 3.16. The van der Waals surface area contributed by atoms with Crippen LogP contribution < -0.4 is 9.47 Å². The molecule has 3 aromatic carbocycles. The molecule has 0 aromatic heterocycles. The average molecular weight is 444 g/mol. The summed E-state index contributed by atoms with van der Waals surface area (Å²) in [7, 11) is 3.06. The number of aryl methyl sites for hydroxylation is 1. The lowest BCUT2D eigenvalue weighted by atomic mass is 9.90. The third kappa shape index (κ3) is 5.55. The van der Waals surface area contributed by atoms with E-state index in [0.29, 0.717) is 18.1 Å². The van der Waals surface area contributed by atoms with Gasteiger partial charge < -0.3 is 19.0 Å². The Morgan fingerprint density at radius 3 is 2.52 bits per heavy atom. The molecule has 5 nitrogen and oxygen atoms in total. The number of hydrogen-bond acceptors (Lipinski definition) is 5. The van der Waals surface area contributed by atoms with E-state index in [9.17, 15) is 0 Å². The molecule has 0 radical (unpaired) electrons. The Labute approximate surface area is 195 Å². The van der Waals surface area contributed by atoms with Crippen molar-refractivity contribution in [2.24, 2.45) is 5.16 Å². The SMILES string of the molecule is C=C(OC)/C(=N/OC)c1ccccc1COc1cccc(OC2CCc3ccccc3C2)c1. The van der Waals surface area contributed by atoms with Crippen LogP contribution in [0.25, 0.3) is 0 Å². The lowest BCUT2D eigenvalue weighted by molar-refractivity contribution is 0.183. The second-order valence-electron chi connectivity index (χ2n) is 7.92. The molecule has 0 saturated carbocycles. The van der Waals surface area contributed by atoms with Gasteiger partial charge in [-0.15, -0.1) is 0 Å². The summed E-state index contributed by atoms with van der Waals surface area (Å²) in [5.41, 5.74) is 5.14. The van der Waals surface area contributed by atoms with Crippen molar-refractivity contribution in [1.82, 2.24) is 0 Å². The first-order chi connectivity index (χ1) is 16.2. The van der Waals surface area contributed by atoms with Gasteiger partial charge >= 0.3 is 0 Å². The molecule has 170 valence electrons. The summed E-state index contributed by atoms with van der Waals surface area (Å²) in [4.78, 5) is 5.00. The lowest BCUT2D eigenvalue weighted by Crippen LogP contribution is -2.25. The third-order valence-corrected chi connectivity index (χ3v) is 5.77. The predicted molar refractivity (Wildman–Crippen MR) is 130 cm³/mol. The summed E-state index contributed by atoms with van der Waals surface area (Å²) < 4.78 is 17.7. The van der Waals surface area contributed by atoms with Gasteiger partial charge in [-0.3, -0.25) is 0 Å². The van der Waals surface area contributed by atoms with Gasteiger partial charge in [0.05, 0.1) is 7.11 Å². The minimum atomic E-state index is 0.170. The number of allylic oxidation sites excluding steroid dienone is 1. The van der Waals surface area contributed by atoms with Gasteiger partial charge in [-0.1, -0.05) is 66.3 Å². The topological polar surface area (TPSA) is 49.3 Å². The second kappa shape index (κ2) is 10.7. The van der Waals surface area contributed by atoms with E-state index in [-0.39, 0.29) is 6.10 Å². The van der Waals surface area contributed by atoms with E-state index in [1.807, 2.05) is 48.5 Å². The van der Waals surface area contributed by atoms with Crippen LogP contribution in [0.15, 0.2) is 90.3 Å². The first-order valence-corrected chi connectivity index (χ1v) is 11.1. The number of benzene rings is 3. The Morgan fingerprint density at radius 2 is 1.70 bits per heavy atom. The van der Waals surface area contributed by atoms with Crippen LogP contribution in [0.5, 0.6) is 11.5 Å². The highest BCUT2D eigenvalue weighted by Gasteiger charge is 2.20. The quantitative estimate of drug-likeness (QED) is 0.241. The molecule has 1 aliphatic carbocycles. The van der Waals surface area contributed by atoms with Gasteiger partial charge in [-0.05, 0) is 41.7 Å². The number of oxime groups is 1. The first kappa shape index (κ1) is 22.5. The monoisotopic (exact) mass is 443 g/mol. The number of rotatable bonds is 9. The number of hydrogen-bond donors (Lipinski definition) is 0. The Balaban J connectivity index is 1.44. The summed E-state index contributed by atoms with van der Waals surface area (Å²) in [5, 5.41) is 4.09. The van der Waals surface area contributed by atoms with Crippen molar-refractivity contribution >= 4 is 5.71 Å². The van der Waals surface area contributed by atoms with E-state index in [1.165, 1.54) is 18.2 Å². The van der Waals surface area contributed by atoms with Crippen LogP contribution in [0, 0.1) is 0 Å². The maximum absolute atomic E-state index is 6.30. The molecule has 0 fully saturated rings. The Bertz CT molecular complexity index is 1140. The van der Waals surface area contributed by atoms with Crippen molar-refractivity contribution in [2.75, 3.05) is 14.2 Å². The van der Waals surface area contributed by atoms with Crippen molar-refractivity contribution < 1.29 is 19.0 Å². The van der Waals surface area contributed by atoms with Crippen molar-refractivity contribution in [3.05, 3.63) is 107 Å². The summed E-state index contributed by atoms with van der Waals surface area (Å²) >= 11 is 0. The molecule has 1 aliphatic rings. The van der Waals surface area contributed by atoms with Gasteiger partial charge in [0.15, 0.2) is 5.71 Å². The number of fused-ring (bicyclic) bond motifs is 1. The van der Waals surface area contributed by atoms with E-state index in [0.717, 1.165) is 41.9 Å². The van der Waals surface area contributed by atoms with E-state index in [2.05, 4.69) is 36.0 Å². The van der Waals surface area contributed by atoms with Gasteiger partial charge in [-0.25, -0.2) is 0 Å². The highest BCUT2D eigenvalue weighted by Crippen LogP contribution is 2.27. The number of methoxy groups -OCH3 is 1. The molecule has 4 rings (SSSR count). The molecule has 0 saturated heterocycles. The molecule has 0 amide bonds. The standard InChI is InChI=1S/C28H29NO4/c1-20(30-2)28(29-31-3)27-14-7-6-11-23(27)19-32-24-12-8-13-25(18-24)33-26-16-15-21-9-4-5-10-22(21)17-26/h4-14,18,26H,1,15-17,19H2,2-3H3/b29-28-. The molecule has 0 heterocycles. The largest absolute Gasteiger partial charge is 0.495 e. The van der Waals surface area contributed by atoms with Crippen LogP contribution >= 0.6 is 0 Å². The van der Waals surface area contributed by atoms with Crippen molar-refractivity contribution in [3.63, 3.8) is 0 Å². The second-order valence-corrected chi connectivity index (χ2v) is 7.92. The van der Waals surface area contributed by atoms with Crippen molar-refractivity contribution in [3.8, 4) is 11.5 Å². The zero-order valence-electron chi connectivity index (χ0n) is 19.1. The molecule has 33 heavy (non-hydrogen) atoms. The zero-order valence-corrected chi connectivity index (χ0v) is 19.1. The van der Waals surface area contributed by atoms with Gasteiger partial charge in [0.2, 0.25) is 0 Å². The van der Waals surface area contributed by atoms with Crippen LogP contribution in [0.3, 0.4) is 0 Å². The van der Waals surface area contributed by atoms with Crippen molar-refractivity contribution in [2.45, 2.75) is 32.0 Å². The van der Waals surface area contributed by atoms with Crippen LogP contribution in [0.4, 0.5) is 0 Å². The van der Waals surface area contributed by atoms with E-state index in [1.54, 1.807) is 7.11 Å². The van der Waals surface area contributed by atoms with Gasteiger partial charge in [-0.2, -0.15) is 0 Å². The van der Waals surface area contributed by atoms with E-state index in [4.69, 9.17) is 19.0 Å². The minimum absolute atomic E-state index is 0.170. The third-order valence-electron chi connectivity index (χ3n) is 5.77. The highest BCUT2D eigenvalue weighted by atomic mass is 16.6. The van der Waals surface area contributed by atoms with Crippen LogP contribution in [0.2, 0.25) is 0 Å². The predicted octanol–water partition coefficient (Wildman–Crippen LogP) is 5.71. The van der Waals surface area contributed by atoms with Gasteiger partial charge in [0.1, 0.15) is 37.1 Å². The average Bonchev–Trinajstić information content (AvgIpc) is 2.86. The summed E-state index contributed by atoms with van der Waals surface area (Å²) in [6.45, 7) is 4.28. The Hall–Kier alpha value is -3.73. The highest BCUT2D eigenvalue weighted by molar-refractivity contribution is 6.11.